The number of carbonyl (C=O) groups is 4. The zero-order valence-corrected chi connectivity index (χ0v) is 17.9. The molecular formula is C26H22N2O5. The Bertz CT molecular complexity index is 1200. The molecule has 166 valence electrons. The fourth-order valence-corrected chi connectivity index (χ4v) is 6.01. The molecule has 2 saturated carbocycles. The highest BCUT2D eigenvalue weighted by Gasteiger charge is 2.67. The van der Waals surface area contributed by atoms with E-state index in [1.54, 1.807) is 48.5 Å². The summed E-state index contributed by atoms with van der Waals surface area (Å²) in [4.78, 5) is 52.3. The van der Waals surface area contributed by atoms with Crippen LogP contribution in [0.3, 0.4) is 0 Å². The summed E-state index contributed by atoms with van der Waals surface area (Å²) < 4.78 is 4.68. The molecule has 5 aliphatic rings. The maximum Gasteiger partial charge on any atom is 0.337 e. The number of nitrogens with one attached hydrogen (secondary N) is 1. The zero-order valence-electron chi connectivity index (χ0n) is 17.9. The molecule has 7 heteroatoms. The van der Waals surface area contributed by atoms with Gasteiger partial charge in [-0.25, -0.2) is 9.69 Å². The first-order valence-corrected chi connectivity index (χ1v) is 11.1. The number of anilines is 2. The van der Waals surface area contributed by atoms with E-state index in [0.717, 1.165) is 6.42 Å². The standard InChI is InChI=1S/C26H22N2O5/c1-33-26(32)13-5-7-15(8-6-13)27-23(29)14-3-2-4-16(11-14)28-24(30)21-17-9-10-18(20-12-19(17)20)22(21)25(28)31/h2-11,17-22H,12H2,1H3,(H,27,29)/t17-,18-,19-,20+,21-,22+/m0/s1. The van der Waals surface area contributed by atoms with E-state index in [9.17, 15) is 19.2 Å². The summed E-state index contributed by atoms with van der Waals surface area (Å²) in [7, 11) is 1.31. The summed E-state index contributed by atoms with van der Waals surface area (Å²) >= 11 is 0. The largest absolute Gasteiger partial charge is 0.465 e. The second-order valence-corrected chi connectivity index (χ2v) is 9.24. The van der Waals surface area contributed by atoms with Gasteiger partial charge in [-0.1, -0.05) is 18.2 Å². The highest BCUT2D eigenvalue weighted by atomic mass is 16.5. The number of imide groups is 1. The lowest BCUT2D eigenvalue weighted by Crippen LogP contribution is -2.40. The third-order valence-corrected chi connectivity index (χ3v) is 7.59. The van der Waals surface area contributed by atoms with Gasteiger partial charge in [0.25, 0.3) is 5.91 Å². The molecule has 33 heavy (non-hydrogen) atoms. The van der Waals surface area contributed by atoms with Crippen LogP contribution in [0.1, 0.15) is 27.1 Å². The van der Waals surface area contributed by atoms with Gasteiger partial charge in [0.05, 0.1) is 30.2 Å². The van der Waals surface area contributed by atoms with Crippen LogP contribution in [0.15, 0.2) is 60.7 Å². The van der Waals surface area contributed by atoms with E-state index in [4.69, 9.17) is 0 Å². The highest BCUT2D eigenvalue weighted by Crippen LogP contribution is 2.65. The lowest BCUT2D eigenvalue weighted by Gasteiger charge is -2.37. The lowest BCUT2D eigenvalue weighted by atomic mass is 9.63. The molecule has 6 atom stereocenters. The molecule has 1 N–H and O–H groups in total. The Kier molecular flexibility index (Phi) is 4.30. The molecule has 2 aromatic carbocycles. The number of rotatable bonds is 4. The summed E-state index contributed by atoms with van der Waals surface area (Å²) in [5, 5.41) is 2.78. The Balaban J connectivity index is 1.23. The van der Waals surface area contributed by atoms with Gasteiger partial charge in [0.15, 0.2) is 0 Å². The van der Waals surface area contributed by atoms with E-state index in [0.29, 0.717) is 34.3 Å². The van der Waals surface area contributed by atoms with E-state index < -0.39 is 5.97 Å². The van der Waals surface area contributed by atoms with Gasteiger partial charge < -0.3 is 10.1 Å². The van der Waals surface area contributed by atoms with Crippen molar-refractivity contribution in [2.75, 3.05) is 17.3 Å². The Morgan fingerprint density at radius 2 is 1.55 bits per heavy atom. The van der Waals surface area contributed by atoms with Gasteiger partial charge >= 0.3 is 5.97 Å². The minimum Gasteiger partial charge on any atom is -0.465 e. The summed E-state index contributed by atoms with van der Waals surface area (Å²) in [6.07, 6.45) is 5.40. The van der Waals surface area contributed by atoms with Gasteiger partial charge in [0.1, 0.15) is 0 Å². The van der Waals surface area contributed by atoms with E-state index in [-0.39, 0.29) is 41.4 Å². The number of esters is 1. The first kappa shape index (κ1) is 19.9. The number of hydrogen-bond donors (Lipinski definition) is 1. The predicted octanol–water partition coefficient (Wildman–Crippen LogP) is 3.28. The van der Waals surface area contributed by atoms with Gasteiger partial charge in [-0.2, -0.15) is 0 Å². The molecule has 4 aliphatic carbocycles. The topological polar surface area (TPSA) is 92.8 Å². The molecule has 3 amide bonds. The third kappa shape index (κ3) is 2.95. The van der Waals surface area contributed by atoms with Crippen molar-refractivity contribution in [1.29, 1.82) is 0 Å². The van der Waals surface area contributed by atoms with Crippen molar-refractivity contribution in [2.45, 2.75) is 6.42 Å². The van der Waals surface area contributed by atoms with Gasteiger partial charge in [-0.05, 0) is 72.6 Å². The van der Waals surface area contributed by atoms with Gasteiger partial charge in [0.2, 0.25) is 11.8 Å². The van der Waals surface area contributed by atoms with Crippen LogP contribution >= 0.6 is 0 Å². The SMILES string of the molecule is COC(=O)c1ccc(NC(=O)c2cccc(N3C(=O)[C@@H]4[C@H]5C=C[C@@H]([C@@H]6C[C@H]56)[C@@H]4C3=O)c2)cc1. The molecule has 3 fully saturated rings. The second-order valence-electron chi connectivity index (χ2n) is 9.24. The monoisotopic (exact) mass is 442 g/mol. The molecule has 2 aromatic rings. The fraction of sp³-hybridized carbons (Fsp3) is 0.308. The first-order chi connectivity index (χ1) is 16.0. The molecule has 0 spiro atoms. The number of ether oxygens (including phenoxy) is 1. The van der Waals surface area contributed by atoms with Gasteiger partial charge in [-0.3, -0.25) is 14.4 Å². The summed E-state index contributed by atoms with van der Waals surface area (Å²) in [6.45, 7) is 0. The zero-order chi connectivity index (χ0) is 22.9. The molecule has 0 unspecified atom stereocenters. The molecule has 2 bridgehead atoms. The molecule has 1 saturated heterocycles. The van der Waals surface area contributed by atoms with Crippen molar-refractivity contribution in [3.63, 3.8) is 0 Å². The van der Waals surface area contributed by atoms with Crippen LogP contribution in [0.4, 0.5) is 11.4 Å². The molecule has 1 heterocycles. The molecule has 0 radical (unpaired) electrons. The van der Waals surface area contributed by atoms with Gasteiger partial charge in [0, 0.05) is 11.3 Å². The van der Waals surface area contributed by atoms with Crippen LogP contribution < -0.4 is 10.2 Å². The number of methoxy groups -OCH3 is 1. The number of allylic oxidation sites excluding steroid dienone is 2. The fourth-order valence-electron chi connectivity index (χ4n) is 6.01. The quantitative estimate of drug-likeness (QED) is 0.446. The second kappa shape index (κ2) is 7.13. The van der Waals surface area contributed by atoms with E-state index in [1.165, 1.54) is 12.0 Å². The van der Waals surface area contributed by atoms with Crippen molar-refractivity contribution in [3.05, 3.63) is 71.8 Å². The van der Waals surface area contributed by atoms with Gasteiger partial charge in [-0.15, -0.1) is 0 Å². The minimum absolute atomic E-state index is 0.148. The number of hydrogen-bond acceptors (Lipinski definition) is 5. The molecule has 0 aromatic heterocycles. The Morgan fingerprint density at radius 1 is 0.909 bits per heavy atom. The smallest absolute Gasteiger partial charge is 0.337 e. The normalized spacial score (nSPS) is 30.6. The van der Waals surface area contributed by atoms with E-state index in [1.807, 2.05) is 0 Å². The lowest BCUT2D eigenvalue weighted by molar-refractivity contribution is -0.124. The van der Waals surface area contributed by atoms with E-state index >= 15 is 0 Å². The Hall–Kier alpha value is -3.74. The molecular weight excluding hydrogens is 420 g/mol. The van der Waals surface area contributed by atoms with Crippen LogP contribution in [0.2, 0.25) is 0 Å². The minimum atomic E-state index is -0.456. The van der Waals surface area contributed by atoms with Crippen LogP contribution in [-0.2, 0) is 14.3 Å². The van der Waals surface area contributed by atoms with Crippen molar-refractivity contribution in [1.82, 2.24) is 0 Å². The molecule has 1 aliphatic heterocycles. The number of nitrogens with zero attached hydrogens (tertiary/aromatic N) is 1. The Morgan fingerprint density at radius 3 is 2.15 bits per heavy atom. The van der Waals surface area contributed by atoms with Crippen molar-refractivity contribution < 1.29 is 23.9 Å². The maximum absolute atomic E-state index is 13.3. The maximum atomic E-state index is 13.3. The number of amides is 3. The molecule has 7 nitrogen and oxygen atoms in total. The highest BCUT2D eigenvalue weighted by molar-refractivity contribution is 6.23. The first-order valence-electron chi connectivity index (χ1n) is 11.1. The van der Waals surface area contributed by atoms with Crippen LogP contribution in [0, 0.1) is 35.5 Å². The summed E-state index contributed by atoms with van der Waals surface area (Å²) in [5.41, 5.74) is 1.66. The van der Waals surface area contributed by atoms with E-state index in [2.05, 4.69) is 22.2 Å². The van der Waals surface area contributed by atoms with Crippen molar-refractivity contribution >= 4 is 35.1 Å². The average Bonchev–Trinajstić information content (AvgIpc) is 3.62. The molecule has 7 rings (SSSR count). The van der Waals surface area contributed by atoms with Crippen LogP contribution in [-0.4, -0.2) is 30.8 Å². The summed E-state index contributed by atoms with van der Waals surface area (Å²) in [5.74, 6) is -0.275. The third-order valence-electron chi connectivity index (χ3n) is 7.59. The average molecular weight is 442 g/mol. The Labute approximate surface area is 190 Å². The van der Waals surface area contributed by atoms with Crippen molar-refractivity contribution in [2.24, 2.45) is 35.5 Å². The summed E-state index contributed by atoms with van der Waals surface area (Å²) in [6, 6.07) is 13.0. The van der Waals surface area contributed by atoms with Crippen LogP contribution in [0.5, 0.6) is 0 Å². The predicted molar refractivity (Wildman–Crippen MR) is 119 cm³/mol. The van der Waals surface area contributed by atoms with Crippen molar-refractivity contribution in [3.8, 4) is 0 Å². The number of benzene rings is 2. The van der Waals surface area contributed by atoms with Crippen LogP contribution in [0.25, 0.3) is 0 Å². The number of carbonyl (C=O) groups excluding carboxylic acids is 4.